The van der Waals surface area contributed by atoms with Gasteiger partial charge in [0.15, 0.2) is 0 Å². The van der Waals surface area contributed by atoms with E-state index in [1.165, 1.54) is 56.6 Å². The molecule has 2 bridgehead atoms. The first-order chi connectivity index (χ1) is 15.2. The summed E-state index contributed by atoms with van der Waals surface area (Å²) in [6.45, 7) is 7.81. The van der Waals surface area contributed by atoms with Crippen molar-refractivity contribution in [2.45, 2.75) is 50.7 Å². The van der Waals surface area contributed by atoms with Gasteiger partial charge in [-0.25, -0.2) is 0 Å². The van der Waals surface area contributed by atoms with Crippen molar-refractivity contribution in [3.8, 4) is 5.75 Å². The van der Waals surface area contributed by atoms with Crippen LogP contribution in [0.2, 0.25) is 5.02 Å². The SMILES string of the molecule is Clc1ccc(N2CC3CC2CN3Cc2ccc(OCCCN3CCCCC3)cc2)cc1. The van der Waals surface area contributed by atoms with Crippen LogP contribution in [0.25, 0.3) is 0 Å². The lowest BCUT2D eigenvalue weighted by molar-refractivity contribution is 0.205. The van der Waals surface area contributed by atoms with Gasteiger partial charge in [0.1, 0.15) is 5.75 Å². The molecular formula is C26H34ClN3O. The molecule has 4 nitrogen and oxygen atoms in total. The fourth-order valence-corrected chi connectivity index (χ4v) is 5.60. The summed E-state index contributed by atoms with van der Waals surface area (Å²) in [4.78, 5) is 7.78. The highest BCUT2D eigenvalue weighted by molar-refractivity contribution is 6.30. The average Bonchev–Trinajstić information content (AvgIpc) is 3.40. The number of nitrogens with zero attached hydrogens (tertiary/aromatic N) is 3. The molecule has 5 rings (SSSR count). The van der Waals surface area contributed by atoms with Gasteiger partial charge in [-0.05, 0) is 80.7 Å². The van der Waals surface area contributed by atoms with Crippen LogP contribution in [0.1, 0.15) is 37.7 Å². The van der Waals surface area contributed by atoms with Crippen molar-refractivity contribution in [1.82, 2.24) is 9.80 Å². The van der Waals surface area contributed by atoms with Gasteiger partial charge in [-0.2, -0.15) is 0 Å². The minimum Gasteiger partial charge on any atom is -0.494 e. The van der Waals surface area contributed by atoms with E-state index in [4.69, 9.17) is 16.3 Å². The number of piperidine rings is 1. The zero-order valence-electron chi connectivity index (χ0n) is 18.4. The number of piperazine rings is 1. The zero-order valence-corrected chi connectivity index (χ0v) is 19.1. The lowest BCUT2D eigenvalue weighted by Crippen LogP contribution is -2.46. The van der Waals surface area contributed by atoms with E-state index in [-0.39, 0.29) is 0 Å². The van der Waals surface area contributed by atoms with Gasteiger partial charge in [-0.1, -0.05) is 30.2 Å². The molecule has 0 N–H and O–H groups in total. The first-order valence-corrected chi connectivity index (χ1v) is 12.3. The minimum absolute atomic E-state index is 0.619. The Morgan fingerprint density at radius 1 is 0.871 bits per heavy atom. The summed E-state index contributed by atoms with van der Waals surface area (Å²) in [6.07, 6.45) is 6.50. The zero-order chi connectivity index (χ0) is 21.0. The van der Waals surface area contributed by atoms with E-state index < -0.39 is 0 Å². The second kappa shape index (κ2) is 9.81. The highest BCUT2D eigenvalue weighted by atomic mass is 35.5. The van der Waals surface area contributed by atoms with Gasteiger partial charge in [0, 0.05) is 49.0 Å². The maximum atomic E-state index is 6.05. The molecule has 3 fully saturated rings. The Morgan fingerprint density at radius 2 is 1.65 bits per heavy atom. The number of anilines is 1. The minimum atomic E-state index is 0.619. The van der Waals surface area contributed by atoms with Crippen LogP contribution in [-0.4, -0.2) is 61.2 Å². The van der Waals surface area contributed by atoms with E-state index in [9.17, 15) is 0 Å². The lowest BCUT2D eigenvalue weighted by Gasteiger charge is -2.35. The fraction of sp³-hybridized carbons (Fsp3) is 0.538. The number of likely N-dealkylation sites (tertiary alicyclic amines) is 2. The van der Waals surface area contributed by atoms with Crippen LogP contribution in [0.15, 0.2) is 48.5 Å². The summed E-state index contributed by atoms with van der Waals surface area (Å²) in [7, 11) is 0. The molecule has 3 heterocycles. The smallest absolute Gasteiger partial charge is 0.119 e. The normalized spacial score (nSPS) is 24.1. The fourth-order valence-electron chi connectivity index (χ4n) is 5.48. The third-order valence-corrected chi connectivity index (χ3v) is 7.41. The molecule has 2 aromatic rings. The summed E-state index contributed by atoms with van der Waals surface area (Å²) >= 11 is 6.05. The molecular weight excluding hydrogens is 406 g/mol. The Bertz CT molecular complexity index is 835. The number of hydrogen-bond donors (Lipinski definition) is 0. The predicted octanol–water partition coefficient (Wildman–Crippen LogP) is 5.06. The van der Waals surface area contributed by atoms with Crippen molar-refractivity contribution in [2.75, 3.05) is 44.2 Å². The molecule has 0 amide bonds. The molecule has 0 saturated carbocycles. The van der Waals surface area contributed by atoms with Gasteiger partial charge in [0.05, 0.1) is 6.61 Å². The monoisotopic (exact) mass is 439 g/mol. The molecule has 2 aromatic carbocycles. The topological polar surface area (TPSA) is 19.0 Å². The molecule has 31 heavy (non-hydrogen) atoms. The van der Waals surface area contributed by atoms with E-state index in [0.717, 1.165) is 43.4 Å². The predicted molar refractivity (Wildman–Crippen MR) is 128 cm³/mol. The number of ether oxygens (including phenoxy) is 1. The third-order valence-electron chi connectivity index (χ3n) is 7.16. The summed E-state index contributed by atoms with van der Waals surface area (Å²) in [5.74, 6) is 0.999. The van der Waals surface area contributed by atoms with Crippen LogP contribution in [0.4, 0.5) is 5.69 Å². The molecule has 2 unspecified atom stereocenters. The number of rotatable bonds is 8. The van der Waals surface area contributed by atoms with Crippen molar-refractivity contribution in [3.05, 3.63) is 59.1 Å². The average molecular weight is 440 g/mol. The van der Waals surface area contributed by atoms with E-state index in [1.807, 2.05) is 12.1 Å². The van der Waals surface area contributed by atoms with Gasteiger partial charge >= 0.3 is 0 Å². The highest BCUT2D eigenvalue weighted by Gasteiger charge is 2.42. The summed E-state index contributed by atoms with van der Waals surface area (Å²) in [6, 6.07) is 18.3. The van der Waals surface area contributed by atoms with Crippen molar-refractivity contribution in [3.63, 3.8) is 0 Å². The molecule has 0 aliphatic carbocycles. The first kappa shape index (κ1) is 21.1. The van der Waals surface area contributed by atoms with Gasteiger partial charge < -0.3 is 14.5 Å². The van der Waals surface area contributed by atoms with E-state index in [0.29, 0.717) is 12.1 Å². The standard InChI is InChI=1S/C26H34ClN3O/c27-22-7-9-23(10-8-22)30-20-24-17-25(30)19-29(24)18-21-5-11-26(12-6-21)31-16-4-15-28-13-2-1-3-14-28/h5-12,24-25H,1-4,13-20H2. The van der Waals surface area contributed by atoms with Crippen molar-refractivity contribution in [1.29, 1.82) is 0 Å². The van der Waals surface area contributed by atoms with Gasteiger partial charge in [-0.15, -0.1) is 0 Å². The number of fused-ring (bicyclic) bond motifs is 2. The van der Waals surface area contributed by atoms with Crippen LogP contribution >= 0.6 is 11.6 Å². The summed E-state index contributed by atoms with van der Waals surface area (Å²) in [5.41, 5.74) is 2.68. The molecule has 3 saturated heterocycles. The van der Waals surface area contributed by atoms with Gasteiger partial charge in [-0.3, -0.25) is 4.90 Å². The van der Waals surface area contributed by atoms with E-state index in [2.05, 4.69) is 51.1 Å². The van der Waals surface area contributed by atoms with E-state index >= 15 is 0 Å². The first-order valence-electron chi connectivity index (χ1n) is 11.9. The van der Waals surface area contributed by atoms with Gasteiger partial charge in [0.25, 0.3) is 0 Å². The maximum Gasteiger partial charge on any atom is 0.119 e. The third kappa shape index (κ3) is 5.19. The van der Waals surface area contributed by atoms with Crippen molar-refractivity contribution >= 4 is 17.3 Å². The Morgan fingerprint density at radius 3 is 2.35 bits per heavy atom. The largest absolute Gasteiger partial charge is 0.494 e. The van der Waals surface area contributed by atoms with E-state index in [1.54, 1.807) is 0 Å². The van der Waals surface area contributed by atoms with Crippen molar-refractivity contribution < 1.29 is 4.74 Å². The molecule has 0 aromatic heterocycles. The molecule has 0 radical (unpaired) electrons. The number of benzene rings is 2. The van der Waals surface area contributed by atoms with Gasteiger partial charge in [0.2, 0.25) is 0 Å². The van der Waals surface area contributed by atoms with Crippen LogP contribution in [0, 0.1) is 0 Å². The Kier molecular flexibility index (Phi) is 6.68. The quantitative estimate of drug-likeness (QED) is 0.535. The summed E-state index contributed by atoms with van der Waals surface area (Å²) < 4.78 is 5.99. The molecule has 0 spiro atoms. The molecule has 3 aliphatic heterocycles. The van der Waals surface area contributed by atoms with Crippen LogP contribution in [-0.2, 0) is 6.54 Å². The second-order valence-corrected chi connectivity index (χ2v) is 9.79. The van der Waals surface area contributed by atoms with Crippen LogP contribution in [0.3, 0.4) is 0 Å². The molecule has 5 heteroatoms. The Balaban J connectivity index is 1.06. The molecule has 3 aliphatic rings. The lowest BCUT2D eigenvalue weighted by atomic mass is 10.1. The number of halogens is 1. The molecule has 2 atom stereocenters. The Labute approximate surface area is 191 Å². The van der Waals surface area contributed by atoms with Crippen molar-refractivity contribution in [2.24, 2.45) is 0 Å². The van der Waals surface area contributed by atoms with Crippen LogP contribution in [0.5, 0.6) is 5.75 Å². The summed E-state index contributed by atoms with van der Waals surface area (Å²) in [5, 5.41) is 0.809. The highest BCUT2D eigenvalue weighted by Crippen LogP contribution is 2.35. The second-order valence-electron chi connectivity index (χ2n) is 9.35. The van der Waals surface area contributed by atoms with Crippen LogP contribution < -0.4 is 9.64 Å². The Hall–Kier alpha value is -1.75. The number of hydrogen-bond acceptors (Lipinski definition) is 4. The maximum absolute atomic E-state index is 6.05. The molecule has 166 valence electrons.